The van der Waals surface area contributed by atoms with Crippen molar-refractivity contribution in [2.45, 2.75) is 4.90 Å². The molecule has 8 heteroatoms. The van der Waals surface area contributed by atoms with E-state index in [1.54, 1.807) is 6.07 Å². The lowest BCUT2D eigenvalue weighted by Crippen LogP contribution is -2.14. The fourth-order valence-electron chi connectivity index (χ4n) is 1.55. The number of aromatic nitrogens is 1. The molecule has 1 heterocycles. The number of halogens is 1. The zero-order chi connectivity index (χ0) is 14.8. The molecule has 1 aromatic carbocycles. The standard InChI is InChI=1S/C12H12ClN3O3S/c1-19-10-4-2-8(14)6-11(10)20(17,18)16-9-3-5-12(13)15-7-9/h2-7,16H,14H2,1H3. The van der Waals surface area contributed by atoms with Crippen molar-refractivity contribution in [2.24, 2.45) is 0 Å². The van der Waals surface area contributed by atoms with Crippen LogP contribution in [-0.4, -0.2) is 20.5 Å². The fourth-order valence-corrected chi connectivity index (χ4v) is 2.91. The second-order valence-electron chi connectivity index (χ2n) is 3.89. The summed E-state index contributed by atoms with van der Waals surface area (Å²) in [5.74, 6) is 0.202. The predicted molar refractivity (Wildman–Crippen MR) is 77.5 cm³/mol. The third-order valence-corrected chi connectivity index (χ3v) is 4.08. The van der Waals surface area contributed by atoms with Gasteiger partial charge < -0.3 is 10.5 Å². The second kappa shape index (κ2) is 5.56. The van der Waals surface area contributed by atoms with Gasteiger partial charge in [0, 0.05) is 5.69 Å². The lowest BCUT2D eigenvalue weighted by molar-refractivity contribution is 0.403. The average Bonchev–Trinajstić information content (AvgIpc) is 2.41. The number of ether oxygens (including phenoxy) is 1. The number of hydrogen-bond acceptors (Lipinski definition) is 5. The quantitative estimate of drug-likeness (QED) is 0.666. The molecule has 0 amide bonds. The van der Waals surface area contributed by atoms with E-state index in [1.165, 1.54) is 37.6 Å². The van der Waals surface area contributed by atoms with Crippen LogP contribution in [-0.2, 0) is 10.0 Å². The Kier molecular flexibility index (Phi) is 4.01. The molecule has 1 aromatic heterocycles. The third kappa shape index (κ3) is 3.12. The molecule has 20 heavy (non-hydrogen) atoms. The van der Waals surface area contributed by atoms with Gasteiger partial charge in [-0.05, 0) is 30.3 Å². The lowest BCUT2D eigenvalue weighted by Gasteiger charge is -2.12. The van der Waals surface area contributed by atoms with Crippen molar-refractivity contribution in [3.8, 4) is 5.75 Å². The van der Waals surface area contributed by atoms with Crippen LogP contribution in [0.15, 0.2) is 41.4 Å². The zero-order valence-corrected chi connectivity index (χ0v) is 12.1. The number of nitrogen functional groups attached to an aromatic ring is 1. The molecule has 6 nitrogen and oxygen atoms in total. The summed E-state index contributed by atoms with van der Waals surface area (Å²) in [7, 11) is -2.45. The highest BCUT2D eigenvalue weighted by Gasteiger charge is 2.20. The number of nitrogens with zero attached hydrogens (tertiary/aromatic N) is 1. The summed E-state index contributed by atoms with van der Waals surface area (Å²) in [6.07, 6.45) is 1.32. The molecule has 0 aliphatic rings. The number of nitrogens with two attached hydrogens (primary N) is 1. The second-order valence-corrected chi connectivity index (χ2v) is 5.92. The summed E-state index contributed by atoms with van der Waals surface area (Å²) in [6, 6.07) is 7.36. The van der Waals surface area contributed by atoms with E-state index in [-0.39, 0.29) is 15.8 Å². The Bertz CT molecular complexity index is 717. The van der Waals surface area contributed by atoms with Crippen LogP contribution >= 0.6 is 11.6 Å². The van der Waals surface area contributed by atoms with Gasteiger partial charge in [0.15, 0.2) is 0 Å². The van der Waals surface area contributed by atoms with Gasteiger partial charge >= 0.3 is 0 Å². The number of sulfonamides is 1. The molecule has 2 aromatic rings. The molecule has 0 saturated heterocycles. The number of hydrogen-bond donors (Lipinski definition) is 2. The van der Waals surface area contributed by atoms with Crippen LogP contribution in [0.5, 0.6) is 5.75 Å². The first-order valence-corrected chi connectivity index (χ1v) is 7.36. The molecule has 0 fully saturated rings. The number of pyridine rings is 1. The predicted octanol–water partition coefficient (Wildman–Crippen LogP) is 2.13. The normalized spacial score (nSPS) is 11.1. The number of benzene rings is 1. The Morgan fingerprint density at radius 2 is 2.05 bits per heavy atom. The molecule has 2 rings (SSSR count). The Hall–Kier alpha value is -1.99. The smallest absolute Gasteiger partial charge is 0.265 e. The Morgan fingerprint density at radius 1 is 1.30 bits per heavy atom. The lowest BCUT2D eigenvalue weighted by atomic mass is 10.3. The van der Waals surface area contributed by atoms with Gasteiger partial charge in [-0.3, -0.25) is 4.72 Å². The molecule has 106 valence electrons. The minimum Gasteiger partial charge on any atom is -0.495 e. The van der Waals surface area contributed by atoms with E-state index in [0.29, 0.717) is 11.4 Å². The molecule has 0 unspecified atom stereocenters. The number of methoxy groups -OCH3 is 1. The van der Waals surface area contributed by atoms with Crippen LogP contribution < -0.4 is 15.2 Å². The molecular weight excluding hydrogens is 302 g/mol. The van der Waals surface area contributed by atoms with Crippen molar-refractivity contribution in [3.05, 3.63) is 41.7 Å². The molecule has 0 aliphatic carbocycles. The topological polar surface area (TPSA) is 94.3 Å². The Labute approximate surface area is 121 Å². The van der Waals surface area contributed by atoms with Gasteiger partial charge in [-0.1, -0.05) is 11.6 Å². The van der Waals surface area contributed by atoms with Crippen LogP contribution in [0, 0.1) is 0 Å². The molecule has 0 bridgehead atoms. The van der Waals surface area contributed by atoms with Gasteiger partial charge in [-0.15, -0.1) is 0 Å². The molecule has 0 saturated carbocycles. The number of nitrogens with one attached hydrogen (secondary N) is 1. The highest BCUT2D eigenvalue weighted by Crippen LogP contribution is 2.27. The molecule has 3 N–H and O–H groups in total. The fraction of sp³-hybridized carbons (Fsp3) is 0.0833. The molecule has 0 aliphatic heterocycles. The van der Waals surface area contributed by atoms with E-state index < -0.39 is 10.0 Å². The minimum atomic E-state index is -3.83. The third-order valence-electron chi connectivity index (χ3n) is 2.46. The summed E-state index contributed by atoms with van der Waals surface area (Å²) >= 11 is 5.64. The highest BCUT2D eigenvalue weighted by atomic mass is 35.5. The highest BCUT2D eigenvalue weighted by molar-refractivity contribution is 7.92. The maximum atomic E-state index is 12.3. The van der Waals surface area contributed by atoms with E-state index in [4.69, 9.17) is 22.1 Å². The maximum Gasteiger partial charge on any atom is 0.265 e. The van der Waals surface area contributed by atoms with Gasteiger partial charge in [-0.25, -0.2) is 13.4 Å². The van der Waals surface area contributed by atoms with E-state index in [9.17, 15) is 8.42 Å². The minimum absolute atomic E-state index is 0.0463. The first-order chi connectivity index (χ1) is 9.42. The largest absolute Gasteiger partial charge is 0.495 e. The number of rotatable bonds is 4. The molecule has 0 atom stereocenters. The summed E-state index contributed by atoms with van der Waals surface area (Å²) in [5.41, 5.74) is 6.23. The summed E-state index contributed by atoms with van der Waals surface area (Å²) < 4.78 is 32.0. The van der Waals surface area contributed by atoms with Gasteiger partial charge in [0.05, 0.1) is 19.0 Å². The van der Waals surface area contributed by atoms with Gasteiger partial charge in [0.25, 0.3) is 10.0 Å². The van der Waals surface area contributed by atoms with Crippen LogP contribution in [0.4, 0.5) is 11.4 Å². The van der Waals surface area contributed by atoms with Gasteiger partial charge in [-0.2, -0.15) is 0 Å². The van der Waals surface area contributed by atoms with Crippen LogP contribution in [0.1, 0.15) is 0 Å². The molecule has 0 spiro atoms. The summed E-state index contributed by atoms with van der Waals surface area (Å²) in [5, 5.41) is 0.273. The van der Waals surface area contributed by atoms with E-state index in [2.05, 4.69) is 9.71 Å². The first kappa shape index (κ1) is 14.4. The zero-order valence-electron chi connectivity index (χ0n) is 10.5. The molecular formula is C12H12ClN3O3S. The first-order valence-electron chi connectivity index (χ1n) is 5.50. The Balaban J connectivity index is 2.40. The number of anilines is 2. The maximum absolute atomic E-state index is 12.3. The average molecular weight is 314 g/mol. The van der Waals surface area contributed by atoms with E-state index in [0.717, 1.165) is 0 Å². The van der Waals surface area contributed by atoms with Crippen molar-refractivity contribution < 1.29 is 13.2 Å². The Morgan fingerprint density at radius 3 is 2.65 bits per heavy atom. The van der Waals surface area contributed by atoms with Crippen LogP contribution in [0.2, 0.25) is 5.15 Å². The van der Waals surface area contributed by atoms with Crippen molar-refractivity contribution in [1.82, 2.24) is 4.98 Å². The SMILES string of the molecule is COc1ccc(N)cc1S(=O)(=O)Nc1ccc(Cl)nc1. The van der Waals surface area contributed by atoms with E-state index >= 15 is 0 Å². The van der Waals surface area contributed by atoms with E-state index in [1.807, 2.05) is 0 Å². The van der Waals surface area contributed by atoms with Crippen molar-refractivity contribution in [2.75, 3.05) is 17.6 Å². The summed E-state index contributed by atoms with van der Waals surface area (Å²) in [6.45, 7) is 0. The van der Waals surface area contributed by atoms with Gasteiger partial charge in [0.2, 0.25) is 0 Å². The van der Waals surface area contributed by atoms with Crippen molar-refractivity contribution in [1.29, 1.82) is 0 Å². The van der Waals surface area contributed by atoms with Crippen LogP contribution in [0.25, 0.3) is 0 Å². The monoisotopic (exact) mass is 313 g/mol. The molecule has 0 radical (unpaired) electrons. The van der Waals surface area contributed by atoms with Crippen molar-refractivity contribution in [3.63, 3.8) is 0 Å². The van der Waals surface area contributed by atoms with Crippen LogP contribution in [0.3, 0.4) is 0 Å². The van der Waals surface area contributed by atoms with Gasteiger partial charge in [0.1, 0.15) is 15.8 Å². The summed E-state index contributed by atoms with van der Waals surface area (Å²) in [4.78, 5) is 3.75. The van der Waals surface area contributed by atoms with Crippen molar-refractivity contribution >= 4 is 33.0 Å².